The standard InChI is InChI=1S/C24H22ClN3O4S/c1-2-13-32-21-9-6-19(25)14-22(21)33(30,31)20-7-3-17(4-8-20)15-27-24(29)18-5-10-23-26-11-12-28(23)16-18/h3-12,14,16H,2,13,15H2,1H3,(H,27,29). The van der Waals surface area contributed by atoms with E-state index in [4.69, 9.17) is 16.3 Å². The van der Waals surface area contributed by atoms with Crippen molar-refractivity contribution in [1.29, 1.82) is 0 Å². The number of carbonyl (C=O) groups excluding carboxylic acids is 1. The van der Waals surface area contributed by atoms with Crippen molar-refractivity contribution in [3.63, 3.8) is 0 Å². The Morgan fingerprint density at radius 3 is 2.67 bits per heavy atom. The second-order valence-electron chi connectivity index (χ2n) is 7.38. The molecule has 0 bridgehead atoms. The molecule has 0 fully saturated rings. The first kappa shape index (κ1) is 22.8. The molecule has 0 aliphatic rings. The Hall–Kier alpha value is -3.36. The van der Waals surface area contributed by atoms with Crippen LogP contribution >= 0.6 is 11.6 Å². The summed E-state index contributed by atoms with van der Waals surface area (Å²) in [5, 5.41) is 3.15. The lowest BCUT2D eigenvalue weighted by atomic mass is 10.2. The summed E-state index contributed by atoms with van der Waals surface area (Å²) >= 11 is 6.05. The zero-order chi connectivity index (χ0) is 23.4. The Labute approximate surface area is 196 Å². The van der Waals surface area contributed by atoms with E-state index in [1.165, 1.54) is 18.2 Å². The second-order valence-corrected chi connectivity index (χ2v) is 9.73. The average molecular weight is 484 g/mol. The van der Waals surface area contributed by atoms with Gasteiger partial charge in [0.2, 0.25) is 9.84 Å². The van der Waals surface area contributed by atoms with Crippen LogP contribution in [0.2, 0.25) is 5.02 Å². The highest BCUT2D eigenvalue weighted by Crippen LogP contribution is 2.32. The molecule has 0 aliphatic heterocycles. The third-order valence-corrected chi connectivity index (χ3v) is 7.02. The highest BCUT2D eigenvalue weighted by molar-refractivity contribution is 7.91. The van der Waals surface area contributed by atoms with E-state index in [9.17, 15) is 13.2 Å². The van der Waals surface area contributed by atoms with E-state index in [-0.39, 0.29) is 28.0 Å². The zero-order valence-corrected chi connectivity index (χ0v) is 19.4. The second kappa shape index (κ2) is 9.64. The van der Waals surface area contributed by atoms with Gasteiger partial charge in [0.05, 0.1) is 17.1 Å². The molecule has 1 N–H and O–H groups in total. The number of nitrogens with zero attached hydrogens (tertiary/aromatic N) is 2. The Morgan fingerprint density at radius 2 is 1.91 bits per heavy atom. The Balaban J connectivity index is 1.48. The van der Waals surface area contributed by atoms with Gasteiger partial charge in [-0.1, -0.05) is 30.7 Å². The van der Waals surface area contributed by atoms with Crippen molar-refractivity contribution in [2.75, 3.05) is 6.61 Å². The van der Waals surface area contributed by atoms with E-state index in [1.807, 2.05) is 6.92 Å². The van der Waals surface area contributed by atoms with E-state index in [1.54, 1.807) is 59.4 Å². The van der Waals surface area contributed by atoms with Crippen LogP contribution in [-0.2, 0) is 16.4 Å². The highest BCUT2D eigenvalue weighted by atomic mass is 35.5. The molecule has 33 heavy (non-hydrogen) atoms. The Morgan fingerprint density at radius 1 is 1.12 bits per heavy atom. The number of ether oxygens (including phenoxy) is 1. The molecule has 4 rings (SSSR count). The lowest BCUT2D eigenvalue weighted by Gasteiger charge is -2.13. The average Bonchev–Trinajstić information content (AvgIpc) is 3.30. The topological polar surface area (TPSA) is 89.8 Å². The number of carbonyl (C=O) groups is 1. The van der Waals surface area contributed by atoms with Crippen LogP contribution < -0.4 is 10.1 Å². The molecule has 0 aliphatic carbocycles. The van der Waals surface area contributed by atoms with Crippen LogP contribution in [0, 0.1) is 0 Å². The molecule has 2 heterocycles. The molecule has 4 aromatic rings. The first-order valence-corrected chi connectivity index (χ1v) is 12.2. The predicted octanol–water partition coefficient (Wildman–Crippen LogP) is 4.54. The largest absolute Gasteiger partial charge is 0.492 e. The van der Waals surface area contributed by atoms with Gasteiger partial charge in [-0.25, -0.2) is 13.4 Å². The number of halogens is 1. The van der Waals surface area contributed by atoms with Gasteiger partial charge in [0.25, 0.3) is 5.91 Å². The SMILES string of the molecule is CCCOc1ccc(Cl)cc1S(=O)(=O)c1ccc(CNC(=O)c2ccc3nccn3c2)cc1. The Bertz CT molecular complexity index is 1400. The molecule has 2 aromatic heterocycles. The molecule has 0 atom stereocenters. The smallest absolute Gasteiger partial charge is 0.253 e. The monoisotopic (exact) mass is 483 g/mol. The van der Waals surface area contributed by atoms with Crippen molar-refractivity contribution in [2.45, 2.75) is 29.7 Å². The van der Waals surface area contributed by atoms with E-state index >= 15 is 0 Å². The fraction of sp³-hybridized carbons (Fsp3) is 0.167. The van der Waals surface area contributed by atoms with E-state index in [0.29, 0.717) is 17.2 Å². The van der Waals surface area contributed by atoms with Crippen molar-refractivity contribution >= 4 is 33.0 Å². The first-order valence-electron chi connectivity index (χ1n) is 10.4. The summed E-state index contributed by atoms with van der Waals surface area (Å²) in [7, 11) is -3.83. The number of rotatable bonds is 8. The minimum absolute atomic E-state index is 0.0272. The van der Waals surface area contributed by atoms with E-state index in [2.05, 4.69) is 10.3 Å². The molecule has 0 saturated carbocycles. The maximum Gasteiger partial charge on any atom is 0.253 e. The molecule has 0 spiro atoms. The summed E-state index contributed by atoms with van der Waals surface area (Å²) in [4.78, 5) is 16.8. The predicted molar refractivity (Wildman–Crippen MR) is 125 cm³/mol. The molecule has 0 unspecified atom stereocenters. The number of fused-ring (bicyclic) bond motifs is 1. The van der Waals surface area contributed by atoms with Crippen LogP contribution in [0.15, 0.2) is 83.0 Å². The maximum absolute atomic E-state index is 13.2. The van der Waals surface area contributed by atoms with Crippen LogP contribution in [0.5, 0.6) is 5.75 Å². The van der Waals surface area contributed by atoms with Gasteiger partial charge in [0.15, 0.2) is 0 Å². The van der Waals surface area contributed by atoms with Crippen LogP contribution in [-0.4, -0.2) is 30.3 Å². The number of aromatic nitrogens is 2. The van der Waals surface area contributed by atoms with Crippen LogP contribution in [0.3, 0.4) is 0 Å². The number of imidazole rings is 1. The first-order chi connectivity index (χ1) is 15.9. The molecule has 9 heteroatoms. The molecular formula is C24H22ClN3O4S. The van der Waals surface area contributed by atoms with Crippen LogP contribution in [0.1, 0.15) is 29.3 Å². The normalized spacial score (nSPS) is 11.5. The fourth-order valence-electron chi connectivity index (χ4n) is 3.28. The lowest BCUT2D eigenvalue weighted by molar-refractivity contribution is 0.0950. The number of sulfone groups is 1. The van der Waals surface area contributed by atoms with Gasteiger partial charge >= 0.3 is 0 Å². The van der Waals surface area contributed by atoms with Gasteiger partial charge in [-0.2, -0.15) is 0 Å². The van der Waals surface area contributed by atoms with Crippen molar-refractivity contribution in [1.82, 2.24) is 14.7 Å². The summed E-state index contributed by atoms with van der Waals surface area (Å²) in [5.41, 5.74) is 2.02. The van der Waals surface area contributed by atoms with Crippen molar-refractivity contribution < 1.29 is 17.9 Å². The Kier molecular flexibility index (Phi) is 6.67. The van der Waals surface area contributed by atoms with Crippen LogP contribution in [0.25, 0.3) is 5.65 Å². The van der Waals surface area contributed by atoms with Crippen molar-refractivity contribution in [2.24, 2.45) is 0 Å². The minimum atomic E-state index is -3.83. The number of benzene rings is 2. The lowest BCUT2D eigenvalue weighted by Crippen LogP contribution is -2.23. The molecule has 0 saturated heterocycles. The number of nitrogens with one attached hydrogen (secondary N) is 1. The summed E-state index contributed by atoms with van der Waals surface area (Å²) in [6.45, 7) is 2.59. The van der Waals surface area contributed by atoms with Gasteiger partial charge in [0, 0.05) is 30.2 Å². The molecule has 170 valence electrons. The fourth-order valence-corrected chi connectivity index (χ4v) is 4.93. The van der Waals surface area contributed by atoms with Gasteiger partial charge in [-0.3, -0.25) is 4.79 Å². The molecule has 0 radical (unpaired) electrons. The van der Waals surface area contributed by atoms with Crippen LogP contribution in [0.4, 0.5) is 0 Å². The minimum Gasteiger partial charge on any atom is -0.492 e. The van der Waals surface area contributed by atoms with Gasteiger partial charge in [-0.15, -0.1) is 0 Å². The highest BCUT2D eigenvalue weighted by Gasteiger charge is 2.23. The van der Waals surface area contributed by atoms with Gasteiger partial charge in [0.1, 0.15) is 16.3 Å². The quantitative estimate of drug-likeness (QED) is 0.397. The van der Waals surface area contributed by atoms with E-state index in [0.717, 1.165) is 17.6 Å². The number of hydrogen-bond acceptors (Lipinski definition) is 5. The van der Waals surface area contributed by atoms with Gasteiger partial charge in [-0.05, 0) is 54.4 Å². The molecule has 2 aromatic carbocycles. The molecule has 7 nitrogen and oxygen atoms in total. The zero-order valence-electron chi connectivity index (χ0n) is 17.9. The number of pyridine rings is 1. The summed E-state index contributed by atoms with van der Waals surface area (Å²) in [5.74, 6) is 0.0337. The van der Waals surface area contributed by atoms with E-state index < -0.39 is 9.84 Å². The number of amides is 1. The van der Waals surface area contributed by atoms with Crippen molar-refractivity contribution in [3.05, 3.63) is 89.3 Å². The summed E-state index contributed by atoms with van der Waals surface area (Å²) < 4.78 is 33.8. The maximum atomic E-state index is 13.2. The summed E-state index contributed by atoms with van der Waals surface area (Å²) in [6, 6.07) is 14.4. The number of hydrogen-bond donors (Lipinski definition) is 1. The third-order valence-electron chi connectivity index (χ3n) is 4.99. The van der Waals surface area contributed by atoms with Gasteiger partial charge < -0.3 is 14.5 Å². The summed E-state index contributed by atoms with van der Waals surface area (Å²) in [6.07, 6.45) is 5.88. The molecular weight excluding hydrogens is 462 g/mol. The van der Waals surface area contributed by atoms with Crippen molar-refractivity contribution in [3.8, 4) is 5.75 Å². The third kappa shape index (κ3) is 5.02. The molecule has 1 amide bonds.